The Labute approximate surface area is 138 Å². The minimum absolute atomic E-state index is 0.474. The first-order chi connectivity index (χ1) is 11.1. The topological polar surface area (TPSA) is 73.5 Å². The summed E-state index contributed by atoms with van der Waals surface area (Å²) in [5.41, 5.74) is 2.12. The molecule has 2 aromatic rings. The molecule has 0 unspecified atom stereocenters. The van der Waals surface area contributed by atoms with Crippen molar-refractivity contribution in [2.45, 2.75) is 0 Å². The molecular weight excluding hydrogens is 316 g/mol. The number of anilines is 3. The molecule has 1 heterocycles. The maximum absolute atomic E-state index is 12.3. The van der Waals surface area contributed by atoms with Crippen molar-refractivity contribution >= 4 is 40.7 Å². The number of carbonyl (C=O) groups excluding carboxylic acids is 2. The van der Waals surface area contributed by atoms with Crippen LogP contribution < -0.4 is 20.9 Å². The van der Waals surface area contributed by atoms with Crippen LogP contribution in [0.4, 0.5) is 26.7 Å². The summed E-state index contributed by atoms with van der Waals surface area (Å²) in [6, 6.07) is 13.1. The van der Waals surface area contributed by atoms with Gasteiger partial charge in [-0.15, -0.1) is 0 Å². The van der Waals surface area contributed by atoms with Gasteiger partial charge in [-0.05, 0) is 30.3 Å². The Bertz CT molecular complexity index is 750. The summed E-state index contributed by atoms with van der Waals surface area (Å²) >= 11 is 5.86. The largest absolute Gasteiger partial charge is 0.382 e. The highest BCUT2D eigenvalue weighted by atomic mass is 35.5. The van der Waals surface area contributed by atoms with Gasteiger partial charge >= 0.3 is 12.1 Å². The molecule has 0 bridgehead atoms. The number of hydrogen-bond donors (Lipinski definition) is 3. The predicted octanol–water partition coefficient (Wildman–Crippen LogP) is 3.51. The molecule has 1 aliphatic heterocycles. The van der Waals surface area contributed by atoms with Crippen LogP contribution in [-0.2, 0) is 0 Å². The van der Waals surface area contributed by atoms with E-state index in [9.17, 15) is 9.59 Å². The zero-order chi connectivity index (χ0) is 16.2. The van der Waals surface area contributed by atoms with Crippen molar-refractivity contribution in [3.05, 3.63) is 53.6 Å². The second-order valence-corrected chi connectivity index (χ2v) is 5.43. The molecule has 23 heavy (non-hydrogen) atoms. The molecule has 7 heteroatoms. The monoisotopic (exact) mass is 330 g/mol. The van der Waals surface area contributed by atoms with Gasteiger partial charge in [0.05, 0.1) is 11.4 Å². The van der Waals surface area contributed by atoms with Crippen molar-refractivity contribution in [1.82, 2.24) is 5.32 Å². The number of imide groups is 1. The van der Waals surface area contributed by atoms with Gasteiger partial charge in [-0.1, -0.05) is 29.8 Å². The third kappa shape index (κ3) is 3.54. The van der Waals surface area contributed by atoms with E-state index in [-0.39, 0.29) is 0 Å². The zero-order valence-corrected chi connectivity index (χ0v) is 12.9. The van der Waals surface area contributed by atoms with Crippen LogP contribution in [0.3, 0.4) is 0 Å². The molecule has 0 saturated carbocycles. The summed E-state index contributed by atoms with van der Waals surface area (Å²) in [5, 5.41) is 8.62. The third-order valence-electron chi connectivity index (χ3n) is 3.39. The highest BCUT2D eigenvalue weighted by molar-refractivity contribution is 6.30. The van der Waals surface area contributed by atoms with E-state index in [1.54, 1.807) is 24.3 Å². The predicted molar refractivity (Wildman–Crippen MR) is 91.3 cm³/mol. The fourth-order valence-corrected chi connectivity index (χ4v) is 2.58. The maximum atomic E-state index is 12.3. The second kappa shape index (κ2) is 6.58. The molecule has 4 amide bonds. The Hall–Kier alpha value is -2.73. The van der Waals surface area contributed by atoms with Gasteiger partial charge in [0.15, 0.2) is 0 Å². The van der Waals surface area contributed by atoms with Gasteiger partial charge in [-0.3, -0.25) is 10.2 Å². The Morgan fingerprint density at radius 3 is 2.78 bits per heavy atom. The van der Waals surface area contributed by atoms with Crippen LogP contribution in [0.15, 0.2) is 48.5 Å². The minimum Gasteiger partial charge on any atom is -0.382 e. The molecule has 0 aromatic heterocycles. The first-order valence-corrected chi connectivity index (χ1v) is 7.49. The van der Waals surface area contributed by atoms with Gasteiger partial charge in [-0.2, -0.15) is 0 Å². The molecular formula is C16H15ClN4O2. The summed E-state index contributed by atoms with van der Waals surface area (Å²) in [5.74, 6) is 0. The highest BCUT2D eigenvalue weighted by Crippen LogP contribution is 2.28. The first kappa shape index (κ1) is 15.2. The lowest BCUT2D eigenvalue weighted by Crippen LogP contribution is -2.48. The standard InChI is InChI=1S/C16H15ClN4O2/c17-11-4-3-5-12(10-11)19-15(22)20-16(23)21-9-8-18-13-6-1-2-7-14(13)21/h1-7,10,18H,8-9H2,(H2,19,20,22,23). The summed E-state index contributed by atoms with van der Waals surface area (Å²) in [6.07, 6.45) is 0. The summed E-state index contributed by atoms with van der Waals surface area (Å²) in [4.78, 5) is 25.8. The van der Waals surface area contributed by atoms with E-state index in [0.717, 1.165) is 11.4 Å². The molecule has 0 atom stereocenters. The smallest absolute Gasteiger partial charge is 0.330 e. The van der Waals surface area contributed by atoms with Crippen LogP contribution in [0.25, 0.3) is 0 Å². The number of nitrogens with one attached hydrogen (secondary N) is 3. The van der Waals surface area contributed by atoms with Crippen LogP contribution in [0.2, 0.25) is 5.02 Å². The van der Waals surface area contributed by atoms with Crippen LogP contribution in [0.1, 0.15) is 0 Å². The first-order valence-electron chi connectivity index (χ1n) is 7.11. The van der Waals surface area contributed by atoms with E-state index >= 15 is 0 Å². The van der Waals surface area contributed by atoms with E-state index in [1.165, 1.54) is 4.90 Å². The molecule has 1 aliphatic rings. The number of urea groups is 2. The van der Waals surface area contributed by atoms with Gasteiger partial charge in [0, 0.05) is 23.8 Å². The van der Waals surface area contributed by atoms with Crippen LogP contribution >= 0.6 is 11.6 Å². The van der Waals surface area contributed by atoms with E-state index in [1.807, 2.05) is 24.3 Å². The molecule has 0 radical (unpaired) electrons. The minimum atomic E-state index is -0.603. The van der Waals surface area contributed by atoms with Gasteiger partial charge in [0.1, 0.15) is 0 Å². The second-order valence-electron chi connectivity index (χ2n) is 4.99. The molecule has 6 nitrogen and oxygen atoms in total. The number of benzene rings is 2. The van der Waals surface area contributed by atoms with Gasteiger partial charge in [0.25, 0.3) is 0 Å². The molecule has 118 valence electrons. The normalized spacial score (nSPS) is 12.8. The van der Waals surface area contributed by atoms with Crippen molar-refractivity contribution in [2.24, 2.45) is 0 Å². The number of rotatable bonds is 1. The SMILES string of the molecule is O=C(NC(=O)N1CCNc2ccccc21)Nc1cccc(Cl)c1. The van der Waals surface area contributed by atoms with E-state index in [0.29, 0.717) is 23.8 Å². The molecule has 0 saturated heterocycles. The Morgan fingerprint density at radius 2 is 1.96 bits per heavy atom. The van der Waals surface area contributed by atoms with E-state index in [4.69, 9.17) is 11.6 Å². The number of amides is 4. The summed E-state index contributed by atoms with van der Waals surface area (Å²) < 4.78 is 0. The van der Waals surface area contributed by atoms with E-state index in [2.05, 4.69) is 16.0 Å². The lowest BCUT2D eigenvalue weighted by Gasteiger charge is -2.30. The van der Waals surface area contributed by atoms with Gasteiger partial charge in [0.2, 0.25) is 0 Å². The fraction of sp³-hybridized carbons (Fsp3) is 0.125. The average molecular weight is 331 g/mol. The Morgan fingerprint density at radius 1 is 1.13 bits per heavy atom. The highest BCUT2D eigenvalue weighted by Gasteiger charge is 2.23. The molecule has 2 aromatic carbocycles. The van der Waals surface area contributed by atoms with Gasteiger partial charge < -0.3 is 10.6 Å². The number of para-hydroxylation sites is 2. The maximum Gasteiger partial charge on any atom is 0.330 e. The quantitative estimate of drug-likeness (QED) is 0.749. The molecule has 3 N–H and O–H groups in total. The average Bonchev–Trinajstić information content (AvgIpc) is 2.54. The molecule has 0 fully saturated rings. The van der Waals surface area contributed by atoms with Crippen molar-refractivity contribution < 1.29 is 9.59 Å². The van der Waals surface area contributed by atoms with E-state index < -0.39 is 12.1 Å². The lowest BCUT2D eigenvalue weighted by atomic mass is 10.2. The molecule has 0 spiro atoms. The summed E-state index contributed by atoms with van der Waals surface area (Å²) in [6.45, 7) is 1.10. The number of hydrogen-bond acceptors (Lipinski definition) is 3. The van der Waals surface area contributed by atoms with Crippen molar-refractivity contribution in [1.29, 1.82) is 0 Å². The van der Waals surface area contributed by atoms with Crippen molar-refractivity contribution in [3.63, 3.8) is 0 Å². The van der Waals surface area contributed by atoms with Crippen molar-refractivity contribution in [3.8, 4) is 0 Å². The fourth-order valence-electron chi connectivity index (χ4n) is 2.39. The van der Waals surface area contributed by atoms with Crippen LogP contribution in [0, 0.1) is 0 Å². The lowest BCUT2D eigenvalue weighted by molar-refractivity contribution is 0.236. The third-order valence-corrected chi connectivity index (χ3v) is 3.63. The number of fused-ring (bicyclic) bond motifs is 1. The van der Waals surface area contributed by atoms with Crippen LogP contribution in [-0.4, -0.2) is 25.2 Å². The number of halogens is 1. The van der Waals surface area contributed by atoms with Gasteiger partial charge in [-0.25, -0.2) is 9.59 Å². The van der Waals surface area contributed by atoms with Crippen molar-refractivity contribution in [2.75, 3.05) is 28.6 Å². The number of carbonyl (C=O) groups is 2. The van der Waals surface area contributed by atoms with Crippen LogP contribution in [0.5, 0.6) is 0 Å². The number of nitrogens with zero attached hydrogens (tertiary/aromatic N) is 1. The molecule has 0 aliphatic carbocycles. The Balaban J connectivity index is 1.67. The zero-order valence-electron chi connectivity index (χ0n) is 12.2. The Kier molecular flexibility index (Phi) is 4.34. The summed E-state index contributed by atoms with van der Waals surface area (Å²) in [7, 11) is 0. The molecule has 3 rings (SSSR count).